The lowest BCUT2D eigenvalue weighted by Gasteiger charge is -2.20. The number of benzene rings is 2. The van der Waals surface area contributed by atoms with Crippen molar-refractivity contribution >= 4 is 21.7 Å². The number of carbonyl (C=O) groups is 1. The number of aliphatic carboxylic acids is 1. The topological polar surface area (TPSA) is 129 Å². The summed E-state index contributed by atoms with van der Waals surface area (Å²) in [4.78, 5) is 21.6. The van der Waals surface area contributed by atoms with Gasteiger partial charge in [0.15, 0.2) is 0 Å². The van der Waals surface area contributed by atoms with Crippen molar-refractivity contribution < 1.29 is 23.2 Å². The van der Waals surface area contributed by atoms with Gasteiger partial charge in [-0.25, -0.2) is 13.1 Å². The molecule has 0 heterocycles. The number of sulfonamides is 1. The van der Waals surface area contributed by atoms with Gasteiger partial charge >= 0.3 is 0 Å². The SMILES string of the molecule is Cc1ccc(S(=O)(=O)N[C@@H](CC(=O)[O-])c2ccccc2[N+](=O)[O-])c(C)c1. The Bertz CT molecular complexity index is 955. The van der Waals surface area contributed by atoms with Crippen molar-refractivity contribution in [3.63, 3.8) is 0 Å². The van der Waals surface area contributed by atoms with Crippen molar-refractivity contribution in [2.45, 2.75) is 31.2 Å². The third kappa shape index (κ3) is 4.44. The molecule has 8 nitrogen and oxygen atoms in total. The first kappa shape index (κ1) is 19.5. The van der Waals surface area contributed by atoms with Crippen LogP contribution >= 0.6 is 0 Å². The number of para-hydroxylation sites is 1. The van der Waals surface area contributed by atoms with Gasteiger partial charge in [-0.1, -0.05) is 35.9 Å². The molecule has 0 aliphatic rings. The Kier molecular flexibility index (Phi) is 5.73. The molecule has 1 N–H and O–H groups in total. The smallest absolute Gasteiger partial charge is 0.274 e. The van der Waals surface area contributed by atoms with Gasteiger partial charge in [-0.3, -0.25) is 10.1 Å². The molecule has 0 saturated heterocycles. The minimum atomic E-state index is -4.11. The van der Waals surface area contributed by atoms with E-state index in [1.165, 1.54) is 30.3 Å². The Morgan fingerprint density at radius 3 is 2.42 bits per heavy atom. The van der Waals surface area contributed by atoms with Gasteiger partial charge in [0.2, 0.25) is 10.0 Å². The fraction of sp³-hybridized carbons (Fsp3) is 0.235. The van der Waals surface area contributed by atoms with Crippen molar-refractivity contribution in [2.24, 2.45) is 0 Å². The summed E-state index contributed by atoms with van der Waals surface area (Å²) < 4.78 is 27.7. The standard InChI is InChI=1S/C17H18N2O6S/c1-11-7-8-16(12(2)9-11)26(24,25)18-14(10-17(20)21)13-5-3-4-6-15(13)19(22)23/h3-9,14,18H,10H2,1-2H3,(H,20,21)/p-1/t14-/m0/s1. The number of carboxylic acids is 1. The highest BCUT2D eigenvalue weighted by Crippen LogP contribution is 2.29. The van der Waals surface area contributed by atoms with Gasteiger partial charge in [-0.2, -0.15) is 0 Å². The van der Waals surface area contributed by atoms with Crippen LogP contribution in [-0.4, -0.2) is 19.3 Å². The molecule has 2 rings (SSSR count). The molecule has 0 bridgehead atoms. The molecule has 2 aromatic carbocycles. The van der Waals surface area contributed by atoms with Crippen LogP contribution in [-0.2, 0) is 14.8 Å². The van der Waals surface area contributed by atoms with E-state index in [0.29, 0.717) is 5.56 Å². The van der Waals surface area contributed by atoms with E-state index in [9.17, 15) is 28.4 Å². The number of carboxylic acid groups (broad SMARTS) is 1. The van der Waals surface area contributed by atoms with Gasteiger partial charge in [0, 0.05) is 24.0 Å². The molecule has 138 valence electrons. The molecule has 0 spiro atoms. The molecule has 0 unspecified atom stereocenters. The van der Waals surface area contributed by atoms with E-state index in [-0.39, 0.29) is 16.1 Å². The van der Waals surface area contributed by atoms with E-state index in [2.05, 4.69) is 4.72 Å². The molecule has 26 heavy (non-hydrogen) atoms. The Hall–Kier alpha value is -2.78. The monoisotopic (exact) mass is 377 g/mol. The summed E-state index contributed by atoms with van der Waals surface area (Å²) in [6, 6.07) is 8.73. The van der Waals surface area contributed by atoms with Gasteiger partial charge < -0.3 is 9.90 Å². The molecule has 0 aliphatic carbocycles. The summed E-state index contributed by atoms with van der Waals surface area (Å²) in [6.07, 6.45) is -0.741. The number of hydrogen-bond acceptors (Lipinski definition) is 6. The van der Waals surface area contributed by atoms with Crippen molar-refractivity contribution in [1.82, 2.24) is 4.72 Å². The van der Waals surface area contributed by atoms with Gasteiger partial charge in [-0.05, 0) is 25.5 Å². The predicted octanol–water partition coefficient (Wildman–Crippen LogP) is 1.37. The average molecular weight is 377 g/mol. The van der Waals surface area contributed by atoms with Crippen molar-refractivity contribution in [3.8, 4) is 0 Å². The van der Waals surface area contributed by atoms with E-state index >= 15 is 0 Å². The maximum atomic E-state index is 12.7. The Morgan fingerprint density at radius 1 is 1.19 bits per heavy atom. The second kappa shape index (κ2) is 7.63. The third-order valence-corrected chi connectivity index (χ3v) is 5.43. The van der Waals surface area contributed by atoms with Crippen LogP contribution in [0.2, 0.25) is 0 Å². The molecule has 0 fully saturated rings. The Balaban J connectivity index is 2.49. The highest BCUT2D eigenvalue weighted by atomic mass is 32.2. The second-order valence-electron chi connectivity index (χ2n) is 5.83. The fourth-order valence-corrected chi connectivity index (χ4v) is 4.12. The third-order valence-electron chi connectivity index (χ3n) is 3.80. The fourth-order valence-electron chi connectivity index (χ4n) is 2.68. The molecule has 0 radical (unpaired) electrons. The second-order valence-corrected chi connectivity index (χ2v) is 7.52. The van der Waals surface area contributed by atoms with Crippen LogP contribution in [0.15, 0.2) is 47.4 Å². The zero-order chi connectivity index (χ0) is 19.5. The normalized spacial score (nSPS) is 12.5. The molecule has 0 aromatic heterocycles. The van der Waals surface area contributed by atoms with Crippen LogP contribution in [0.3, 0.4) is 0 Å². The average Bonchev–Trinajstić information content (AvgIpc) is 2.53. The van der Waals surface area contributed by atoms with E-state index in [1.54, 1.807) is 19.1 Å². The largest absolute Gasteiger partial charge is 0.550 e. The highest BCUT2D eigenvalue weighted by Gasteiger charge is 2.27. The lowest BCUT2D eigenvalue weighted by molar-refractivity contribution is -0.385. The van der Waals surface area contributed by atoms with Crippen molar-refractivity contribution in [3.05, 3.63) is 69.3 Å². The number of nitro benzene ring substituents is 1. The number of aryl methyl sites for hydroxylation is 2. The Labute approximate surface area is 150 Å². The van der Waals surface area contributed by atoms with Crippen LogP contribution in [0.25, 0.3) is 0 Å². The number of rotatable bonds is 7. The minimum absolute atomic E-state index is 0.0231. The molecular weight excluding hydrogens is 360 g/mol. The van der Waals surface area contributed by atoms with Gasteiger partial charge in [-0.15, -0.1) is 0 Å². The zero-order valence-electron chi connectivity index (χ0n) is 14.1. The summed E-state index contributed by atoms with van der Waals surface area (Å²) in [6.45, 7) is 3.42. The van der Waals surface area contributed by atoms with E-state index in [4.69, 9.17) is 0 Å². The van der Waals surface area contributed by atoms with Crippen LogP contribution in [0.5, 0.6) is 0 Å². The number of nitrogens with zero attached hydrogens (tertiary/aromatic N) is 1. The zero-order valence-corrected chi connectivity index (χ0v) is 14.9. The van der Waals surface area contributed by atoms with Crippen LogP contribution < -0.4 is 9.83 Å². The van der Waals surface area contributed by atoms with E-state index in [1.807, 2.05) is 6.92 Å². The molecule has 0 aliphatic heterocycles. The summed E-state index contributed by atoms with van der Waals surface area (Å²) in [5.74, 6) is -1.53. The summed E-state index contributed by atoms with van der Waals surface area (Å²) in [5.41, 5.74) is 0.927. The van der Waals surface area contributed by atoms with Crippen LogP contribution in [0, 0.1) is 24.0 Å². The van der Waals surface area contributed by atoms with Crippen molar-refractivity contribution in [1.29, 1.82) is 0 Å². The van der Waals surface area contributed by atoms with Gasteiger partial charge in [0.25, 0.3) is 5.69 Å². The maximum absolute atomic E-state index is 12.7. The molecular formula is C17H17N2O6S-. The summed E-state index contributed by atoms with van der Waals surface area (Å²) in [7, 11) is -4.11. The first-order valence-corrected chi connectivity index (χ1v) is 9.13. The van der Waals surface area contributed by atoms with Gasteiger partial charge in [0.1, 0.15) is 0 Å². The van der Waals surface area contributed by atoms with Crippen LogP contribution in [0.1, 0.15) is 29.2 Å². The van der Waals surface area contributed by atoms with Gasteiger partial charge in [0.05, 0.1) is 15.9 Å². The molecule has 0 saturated carbocycles. The van der Waals surface area contributed by atoms with E-state index < -0.39 is 33.4 Å². The number of nitrogens with one attached hydrogen (secondary N) is 1. The summed E-state index contributed by atoms with van der Waals surface area (Å²) >= 11 is 0. The maximum Gasteiger partial charge on any atom is 0.274 e. The molecule has 1 atom stereocenters. The minimum Gasteiger partial charge on any atom is -0.550 e. The first-order chi connectivity index (χ1) is 12.1. The molecule has 9 heteroatoms. The number of hydrogen-bond donors (Lipinski definition) is 1. The van der Waals surface area contributed by atoms with Crippen molar-refractivity contribution in [2.75, 3.05) is 0 Å². The molecule has 0 amide bonds. The van der Waals surface area contributed by atoms with E-state index in [0.717, 1.165) is 5.56 Å². The molecule has 2 aromatic rings. The lowest BCUT2D eigenvalue weighted by atomic mass is 10.0. The highest BCUT2D eigenvalue weighted by molar-refractivity contribution is 7.89. The summed E-state index contributed by atoms with van der Waals surface area (Å²) in [5, 5.41) is 22.3. The quantitative estimate of drug-likeness (QED) is 0.573. The lowest BCUT2D eigenvalue weighted by Crippen LogP contribution is -2.34. The van der Waals surface area contributed by atoms with Crippen LogP contribution in [0.4, 0.5) is 5.69 Å². The Morgan fingerprint density at radius 2 is 1.85 bits per heavy atom. The number of nitro groups is 1. The predicted molar refractivity (Wildman–Crippen MR) is 91.7 cm³/mol. The number of carbonyl (C=O) groups excluding carboxylic acids is 1. The first-order valence-electron chi connectivity index (χ1n) is 7.64.